The van der Waals surface area contributed by atoms with E-state index in [-0.39, 0.29) is 11.9 Å². The Morgan fingerprint density at radius 2 is 1.84 bits per heavy atom. The number of rotatable bonds is 7. The first-order valence-corrected chi connectivity index (χ1v) is 7.84. The fraction of sp³-hybridized carbons (Fsp3) is 0.278. The summed E-state index contributed by atoms with van der Waals surface area (Å²) in [6.45, 7) is 1.32. The summed E-state index contributed by atoms with van der Waals surface area (Å²) in [7, 11) is 5.23. The molecule has 1 amide bonds. The number of hydrogen-bond donors (Lipinski definition) is 2. The Labute approximate surface area is 147 Å². The zero-order valence-corrected chi connectivity index (χ0v) is 14.6. The second-order valence-electron chi connectivity index (χ2n) is 5.68. The lowest BCUT2D eigenvalue weighted by Crippen LogP contribution is -2.31. The molecular formula is C18H22N4O3. The molecular weight excluding hydrogens is 320 g/mol. The van der Waals surface area contributed by atoms with Gasteiger partial charge in [-0.05, 0) is 50.5 Å². The van der Waals surface area contributed by atoms with Gasteiger partial charge >= 0.3 is 5.97 Å². The van der Waals surface area contributed by atoms with Crippen molar-refractivity contribution in [3.8, 4) is 0 Å². The van der Waals surface area contributed by atoms with Crippen molar-refractivity contribution in [3.05, 3.63) is 53.9 Å². The number of carbonyl (C=O) groups excluding carboxylic acids is 2. The summed E-state index contributed by atoms with van der Waals surface area (Å²) in [5.41, 5.74) is 2.34. The van der Waals surface area contributed by atoms with Gasteiger partial charge in [-0.15, -0.1) is 0 Å². The van der Waals surface area contributed by atoms with Crippen LogP contribution in [0.3, 0.4) is 0 Å². The predicted octanol–water partition coefficient (Wildman–Crippen LogP) is 1.90. The average Bonchev–Trinajstić information content (AvgIpc) is 2.61. The summed E-state index contributed by atoms with van der Waals surface area (Å²) in [4.78, 5) is 29.6. The zero-order chi connectivity index (χ0) is 18.2. The van der Waals surface area contributed by atoms with Gasteiger partial charge in [-0.3, -0.25) is 9.78 Å². The number of hydrogen-bond acceptors (Lipinski definition) is 6. The van der Waals surface area contributed by atoms with Gasteiger partial charge in [0.2, 0.25) is 0 Å². The molecule has 0 saturated carbocycles. The van der Waals surface area contributed by atoms with Crippen LogP contribution < -0.4 is 10.6 Å². The Morgan fingerprint density at radius 1 is 1.12 bits per heavy atom. The van der Waals surface area contributed by atoms with Crippen LogP contribution in [0.25, 0.3) is 0 Å². The van der Waals surface area contributed by atoms with Crippen LogP contribution in [0, 0.1) is 0 Å². The third-order valence-corrected chi connectivity index (χ3v) is 3.43. The van der Waals surface area contributed by atoms with Gasteiger partial charge in [-0.25, -0.2) is 4.79 Å². The van der Waals surface area contributed by atoms with E-state index in [1.807, 2.05) is 19.0 Å². The maximum Gasteiger partial charge on any atom is 0.337 e. The predicted molar refractivity (Wildman–Crippen MR) is 96.2 cm³/mol. The molecule has 0 fully saturated rings. The van der Waals surface area contributed by atoms with Gasteiger partial charge < -0.3 is 20.3 Å². The molecule has 0 aliphatic heterocycles. The van der Waals surface area contributed by atoms with Crippen molar-refractivity contribution < 1.29 is 14.3 Å². The van der Waals surface area contributed by atoms with Gasteiger partial charge in [-0.1, -0.05) is 0 Å². The molecule has 0 atom stereocenters. The summed E-state index contributed by atoms with van der Waals surface area (Å²) in [6, 6.07) is 10.3. The molecule has 0 radical (unpaired) electrons. The number of methoxy groups -OCH3 is 1. The summed E-state index contributed by atoms with van der Waals surface area (Å²) in [6.07, 6.45) is 1.58. The van der Waals surface area contributed by atoms with E-state index in [1.165, 1.54) is 7.11 Å². The number of ether oxygens (including phenoxy) is 1. The van der Waals surface area contributed by atoms with Crippen LogP contribution in [0.15, 0.2) is 42.6 Å². The van der Waals surface area contributed by atoms with E-state index < -0.39 is 0 Å². The molecule has 132 valence electrons. The number of aromatic nitrogens is 1. The number of esters is 1. The van der Waals surface area contributed by atoms with Gasteiger partial charge in [0.1, 0.15) is 5.69 Å². The molecule has 1 heterocycles. The van der Waals surface area contributed by atoms with E-state index in [9.17, 15) is 9.59 Å². The zero-order valence-electron chi connectivity index (χ0n) is 14.6. The van der Waals surface area contributed by atoms with E-state index >= 15 is 0 Å². The average molecular weight is 342 g/mol. The second kappa shape index (κ2) is 8.79. The number of nitrogens with one attached hydrogen (secondary N) is 2. The number of nitrogens with zero attached hydrogens (tertiary/aromatic N) is 2. The lowest BCUT2D eigenvalue weighted by molar-refractivity contribution is 0.0600. The third-order valence-electron chi connectivity index (χ3n) is 3.43. The monoisotopic (exact) mass is 342 g/mol. The van der Waals surface area contributed by atoms with Crippen molar-refractivity contribution in [1.82, 2.24) is 15.2 Å². The SMILES string of the molecule is COC(=O)c1ccc(Nc2ccnc(C(=O)NCCN(C)C)c2)cc1. The Hall–Kier alpha value is -2.93. The first-order chi connectivity index (χ1) is 12.0. The molecule has 0 aliphatic carbocycles. The van der Waals surface area contributed by atoms with Gasteiger partial charge in [0, 0.05) is 30.7 Å². The Morgan fingerprint density at radius 3 is 2.48 bits per heavy atom. The van der Waals surface area contributed by atoms with Gasteiger partial charge in [-0.2, -0.15) is 0 Å². The van der Waals surface area contributed by atoms with Crippen molar-refractivity contribution in [1.29, 1.82) is 0 Å². The minimum atomic E-state index is -0.382. The lowest BCUT2D eigenvalue weighted by atomic mass is 10.2. The maximum atomic E-state index is 12.1. The minimum absolute atomic E-state index is 0.216. The van der Waals surface area contributed by atoms with E-state index in [4.69, 9.17) is 0 Å². The van der Waals surface area contributed by atoms with Crippen molar-refractivity contribution in [2.75, 3.05) is 39.6 Å². The van der Waals surface area contributed by atoms with Gasteiger partial charge in [0.05, 0.1) is 12.7 Å². The molecule has 0 spiro atoms. The first kappa shape index (κ1) is 18.4. The lowest BCUT2D eigenvalue weighted by Gasteiger charge is -2.11. The van der Waals surface area contributed by atoms with Crippen LogP contribution in [-0.4, -0.2) is 56.1 Å². The number of pyridine rings is 1. The third kappa shape index (κ3) is 5.58. The summed E-state index contributed by atoms with van der Waals surface area (Å²) < 4.78 is 4.67. The number of amides is 1. The molecule has 7 heteroatoms. The Balaban J connectivity index is 2.01. The van der Waals surface area contributed by atoms with E-state index in [0.717, 1.165) is 17.9 Å². The molecule has 1 aromatic carbocycles. The van der Waals surface area contributed by atoms with E-state index in [1.54, 1.807) is 42.6 Å². The molecule has 0 aliphatic rings. The number of likely N-dealkylation sites (N-methyl/N-ethyl adjacent to an activating group) is 1. The highest BCUT2D eigenvalue weighted by atomic mass is 16.5. The van der Waals surface area contributed by atoms with E-state index in [0.29, 0.717) is 17.8 Å². The second-order valence-corrected chi connectivity index (χ2v) is 5.68. The van der Waals surface area contributed by atoms with Crippen LogP contribution in [0.4, 0.5) is 11.4 Å². The minimum Gasteiger partial charge on any atom is -0.465 e. The smallest absolute Gasteiger partial charge is 0.337 e. The molecule has 2 aromatic rings. The Kier molecular flexibility index (Phi) is 6.47. The normalized spacial score (nSPS) is 10.4. The van der Waals surface area contributed by atoms with Crippen molar-refractivity contribution in [3.63, 3.8) is 0 Å². The van der Waals surface area contributed by atoms with Crippen LogP contribution in [0.1, 0.15) is 20.8 Å². The molecule has 0 unspecified atom stereocenters. The Bertz CT molecular complexity index is 729. The largest absolute Gasteiger partial charge is 0.465 e. The van der Waals surface area contributed by atoms with Crippen molar-refractivity contribution in [2.45, 2.75) is 0 Å². The maximum absolute atomic E-state index is 12.1. The summed E-state index contributed by atoms with van der Waals surface area (Å²) in [5, 5.41) is 6.00. The molecule has 2 rings (SSSR count). The molecule has 0 saturated heterocycles. The molecule has 0 bridgehead atoms. The quantitative estimate of drug-likeness (QED) is 0.748. The highest BCUT2D eigenvalue weighted by molar-refractivity contribution is 5.93. The van der Waals surface area contributed by atoms with Crippen LogP contribution in [-0.2, 0) is 4.74 Å². The fourth-order valence-electron chi connectivity index (χ4n) is 2.09. The summed E-state index contributed by atoms with van der Waals surface area (Å²) >= 11 is 0. The van der Waals surface area contributed by atoms with Gasteiger partial charge in [0.25, 0.3) is 5.91 Å². The highest BCUT2D eigenvalue weighted by Gasteiger charge is 2.08. The first-order valence-electron chi connectivity index (χ1n) is 7.84. The number of benzene rings is 1. The van der Waals surface area contributed by atoms with Crippen LogP contribution in [0.2, 0.25) is 0 Å². The number of carbonyl (C=O) groups is 2. The van der Waals surface area contributed by atoms with Crippen molar-refractivity contribution >= 4 is 23.3 Å². The van der Waals surface area contributed by atoms with Crippen LogP contribution >= 0.6 is 0 Å². The fourth-order valence-corrected chi connectivity index (χ4v) is 2.09. The molecule has 7 nitrogen and oxygen atoms in total. The van der Waals surface area contributed by atoms with Crippen LogP contribution in [0.5, 0.6) is 0 Å². The number of anilines is 2. The van der Waals surface area contributed by atoms with Crippen molar-refractivity contribution in [2.24, 2.45) is 0 Å². The molecule has 1 aromatic heterocycles. The standard InChI is InChI=1S/C18H22N4O3/c1-22(2)11-10-20-17(23)16-12-15(8-9-19-16)21-14-6-4-13(5-7-14)18(24)25-3/h4-9,12H,10-11H2,1-3H3,(H,19,21)(H,20,23). The van der Waals surface area contributed by atoms with Gasteiger partial charge in [0.15, 0.2) is 0 Å². The topological polar surface area (TPSA) is 83.6 Å². The highest BCUT2D eigenvalue weighted by Crippen LogP contribution is 2.17. The summed E-state index contributed by atoms with van der Waals surface area (Å²) in [5.74, 6) is -0.598. The molecule has 2 N–H and O–H groups in total. The molecule has 25 heavy (non-hydrogen) atoms. The van der Waals surface area contributed by atoms with E-state index in [2.05, 4.69) is 20.4 Å².